The number of methoxy groups -OCH3 is 1. The number of carbonyl (C=O) groups is 1. The largest absolute Gasteiger partial charge is 0.468 e. The summed E-state index contributed by atoms with van der Waals surface area (Å²) >= 11 is 0. The van der Waals surface area contributed by atoms with E-state index in [-0.39, 0.29) is 12.0 Å². The Labute approximate surface area is 113 Å². The minimum absolute atomic E-state index is 0.307. The lowest BCUT2D eigenvalue weighted by atomic mass is 10.2. The van der Waals surface area contributed by atoms with Gasteiger partial charge in [0.1, 0.15) is 6.04 Å². The zero-order chi connectivity index (χ0) is 13.7. The first kappa shape index (κ1) is 13.6. The average Bonchev–Trinajstić information content (AvgIpc) is 2.80. The molecule has 0 bridgehead atoms. The molecule has 2 rings (SSSR count). The fraction of sp³-hybridized carbons (Fsp3) is 0.400. The highest BCUT2D eigenvalue weighted by Crippen LogP contribution is 2.18. The highest BCUT2D eigenvalue weighted by atomic mass is 16.5. The van der Waals surface area contributed by atoms with E-state index in [4.69, 9.17) is 4.74 Å². The normalized spacial score (nSPS) is 22.6. The Morgan fingerprint density at radius 1 is 1.47 bits per heavy atom. The van der Waals surface area contributed by atoms with Gasteiger partial charge in [0.05, 0.1) is 19.8 Å². The molecule has 19 heavy (non-hydrogen) atoms. The molecule has 1 aliphatic heterocycles. The number of hydrogen-bond acceptors (Lipinski definition) is 4. The van der Waals surface area contributed by atoms with Gasteiger partial charge in [-0.05, 0) is 12.1 Å². The number of nitrogens with zero attached hydrogens (tertiary/aromatic N) is 1. The van der Waals surface area contributed by atoms with Crippen LogP contribution in [-0.4, -0.2) is 48.3 Å². The molecule has 2 atom stereocenters. The van der Waals surface area contributed by atoms with Crippen molar-refractivity contribution in [3.8, 4) is 11.8 Å². The van der Waals surface area contributed by atoms with Crippen LogP contribution in [-0.2, 0) is 9.53 Å². The lowest BCUT2D eigenvalue weighted by Gasteiger charge is -2.18. The van der Waals surface area contributed by atoms with Gasteiger partial charge >= 0.3 is 5.97 Å². The average molecular weight is 259 g/mol. The van der Waals surface area contributed by atoms with Gasteiger partial charge in [-0.1, -0.05) is 30.0 Å². The van der Waals surface area contributed by atoms with E-state index < -0.39 is 6.10 Å². The summed E-state index contributed by atoms with van der Waals surface area (Å²) in [4.78, 5) is 13.4. The topological polar surface area (TPSA) is 49.8 Å². The zero-order valence-corrected chi connectivity index (χ0v) is 10.9. The lowest BCUT2D eigenvalue weighted by molar-refractivity contribution is -0.145. The molecule has 1 heterocycles. The van der Waals surface area contributed by atoms with Gasteiger partial charge in [0.2, 0.25) is 0 Å². The molecule has 4 heteroatoms. The minimum Gasteiger partial charge on any atom is -0.468 e. The molecule has 1 N–H and O–H groups in total. The van der Waals surface area contributed by atoms with Crippen LogP contribution in [0.4, 0.5) is 0 Å². The molecule has 0 spiro atoms. The van der Waals surface area contributed by atoms with E-state index in [1.54, 1.807) is 0 Å². The highest BCUT2D eigenvalue weighted by molar-refractivity contribution is 5.76. The Kier molecular flexibility index (Phi) is 4.56. The van der Waals surface area contributed by atoms with Crippen molar-refractivity contribution in [2.24, 2.45) is 0 Å². The van der Waals surface area contributed by atoms with Crippen molar-refractivity contribution in [1.82, 2.24) is 4.90 Å². The summed E-state index contributed by atoms with van der Waals surface area (Å²) < 4.78 is 4.74. The van der Waals surface area contributed by atoms with E-state index in [9.17, 15) is 9.90 Å². The number of rotatable bonds is 2. The zero-order valence-electron chi connectivity index (χ0n) is 10.9. The number of hydrogen-bond donors (Lipinski definition) is 1. The maximum absolute atomic E-state index is 11.6. The van der Waals surface area contributed by atoms with Crippen LogP contribution < -0.4 is 0 Å². The van der Waals surface area contributed by atoms with Crippen LogP contribution in [0.1, 0.15) is 12.0 Å². The summed E-state index contributed by atoms with van der Waals surface area (Å²) in [5, 5.41) is 9.63. The molecular formula is C15H17NO3. The van der Waals surface area contributed by atoms with Gasteiger partial charge in [-0.2, -0.15) is 0 Å². The number of carbonyl (C=O) groups excluding carboxylic acids is 1. The first-order valence-corrected chi connectivity index (χ1v) is 6.24. The third kappa shape index (κ3) is 3.57. The van der Waals surface area contributed by atoms with Crippen molar-refractivity contribution in [1.29, 1.82) is 0 Å². The first-order valence-electron chi connectivity index (χ1n) is 6.24. The molecule has 1 aliphatic rings. The van der Waals surface area contributed by atoms with E-state index >= 15 is 0 Å². The van der Waals surface area contributed by atoms with Gasteiger partial charge in [-0.15, -0.1) is 0 Å². The maximum Gasteiger partial charge on any atom is 0.323 e. The van der Waals surface area contributed by atoms with Crippen LogP contribution in [0.5, 0.6) is 0 Å². The monoisotopic (exact) mass is 259 g/mol. The summed E-state index contributed by atoms with van der Waals surface area (Å²) in [5.74, 6) is 5.76. The Morgan fingerprint density at radius 2 is 2.21 bits per heavy atom. The van der Waals surface area contributed by atoms with Crippen molar-refractivity contribution in [2.45, 2.75) is 18.6 Å². The van der Waals surface area contributed by atoms with E-state index in [0.29, 0.717) is 19.5 Å². The molecule has 1 aromatic rings. The molecule has 0 aromatic heterocycles. The molecule has 0 amide bonds. The quantitative estimate of drug-likeness (QED) is 0.626. The van der Waals surface area contributed by atoms with Gasteiger partial charge in [-0.25, -0.2) is 0 Å². The van der Waals surface area contributed by atoms with E-state index in [0.717, 1.165) is 5.56 Å². The Balaban J connectivity index is 1.98. The van der Waals surface area contributed by atoms with Gasteiger partial charge in [-0.3, -0.25) is 9.69 Å². The summed E-state index contributed by atoms with van der Waals surface area (Å²) in [6, 6.07) is 9.29. The maximum atomic E-state index is 11.6. The Bertz CT molecular complexity index is 489. The second-order valence-corrected chi connectivity index (χ2v) is 4.53. The summed E-state index contributed by atoms with van der Waals surface area (Å²) in [6.45, 7) is 0.912. The van der Waals surface area contributed by atoms with Crippen molar-refractivity contribution in [3.05, 3.63) is 35.9 Å². The number of aliphatic hydroxyl groups is 1. The summed E-state index contributed by atoms with van der Waals surface area (Å²) in [6.07, 6.45) is -0.0673. The van der Waals surface area contributed by atoms with Gasteiger partial charge in [0.15, 0.2) is 0 Å². The predicted octanol–water partition coefficient (Wildman–Crippen LogP) is 0.646. The van der Waals surface area contributed by atoms with Crippen molar-refractivity contribution in [2.75, 3.05) is 20.2 Å². The van der Waals surface area contributed by atoms with Gasteiger partial charge in [0.25, 0.3) is 0 Å². The van der Waals surface area contributed by atoms with Crippen LogP contribution >= 0.6 is 0 Å². The molecule has 4 nitrogen and oxygen atoms in total. The van der Waals surface area contributed by atoms with E-state index in [1.165, 1.54) is 7.11 Å². The van der Waals surface area contributed by atoms with Crippen LogP contribution in [0.15, 0.2) is 30.3 Å². The summed E-state index contributed by atoms with van der Waals surface area (Å²) in [7, 11) is 1.36. The molecule has 1 saturated heterocycles. The van der Waals surface area contributed by atoms with Crippen molar-refractivity contribution >= 4 is 5.97 Å². The molecule has 0 aliphatic carbocycles. The van der Waals surface area contributed by atoms with Gasteiger partial charge in [0, 0.05) is 18.5 Å². The Morgan fingerprint density at radius 3 is 2.89 bits per heavy atom. The standard InChI is InChI=1S/C15H17NO3/c1-19-15(18)14-10-13(17)11-16(14)9-5-8-12-6-3-2-4-7-12/h2-4,6-7,13-14,17H,9-11H2,1H3. The lowest BCUT2D eigenvalue weighted by Crippen LogP contribution is -2.37. The number of aliphatic hydroxyl groups excluding tert-OH is 1. The summed E-state index contributed by atoms with van der Waals surface area (Å²) in [5.41, 5.74) is 0.942. The highest BCUT2D eigenvalue weighted by Gasteiger charge is 2.36. The second-order valence-electron chi connectivity index (χ2n) is 4.53. The van der Waals surface area contributed by atoms with Crippen LogP contribution in [0.2, 0.25) is 0 Å². The van der Waals surface area contributed by atoms with Crippen LogP contribution in [0.3, 0.4) is 0 Å². The number of likely N-dealkylation sites (tertiary alicyclic amines) is 1. The molecule has 1 fully saturated rings. The fourth-order valence-electron chi connectivity index (χ4n) is 2.20. The third-order valence-electron chi connectivity index (χ3n) is 3.14. The smallest absolute Gasteiger partial charge is 0.323 e. The second kappa shape index (κ2) is 6.37. The molecule has 2 unspecified atom stereocenters. The van der Waals surface area contributed by atoms with Crippen LogP contribution in [0, 0.1) is 11.8 Å². The first-order chi connectivity index (χ1) is 9.20. The molecular weight excluding hydrogens is 242 g/mol. The number of esters is 1. The van der Waals surface area contributed by atoms with Crippen LogP contribution in [0.25, 0.3) is 0 Å². The molecule has 0 radical (unpaired) electrons. The number of β-amino-alcohol motifs (C(OH)–C–C–N with tert-alkyl or cyclic N) is 1. The molecule has 100 valence electrons. The SMILES string of the molecule is COC(=O)C1CC(O)CN1CC#Cc1ccccc1. The number of benzene rings is 1. The van der Waals surface area contributed by atoms with Crippen molar-refractivity contribution < 1.29 is 14.6 Å². The van der Waals surface area contributed by atoms with Gasteiger partial charge < -0.3 is 9.84 Å². The molecule has 0 saturated carbocycles. The third-order valence-corrected chi connectivity index (χ3v) is 3.14. The predicted molar refractivity (Wildman–Crippen MR) is 71.3 cm³/mol. The number of ether oxygens (including phenoxy) is 1. The molecule has 1 aromatic carbocycles. The van der Waals surface area contributed by atoms with E-state index in [1.807, 2.05) is 35.2 Å². The van der Waals surface area contributed by atoms with Crippen molar-refractivity contribution in [3.63, 3.8) is 0 Å². The van der Waals surface area contributed by atoms with E-state index in [2.05, 4.69) is 11.8 Å². The fourth-order valence-corrected chi connectivity index (χ4v) is 2.20. The minimum atomic E-state index is -0.484. The Hall–Kier alpha value is -1.83.